The SMILES string of the molecule is Cc1ccc(C)c(CC(Cl)c2cccc(Cl)c2C)c1. The van der Waals surface area contributed by atoms with Gasteiger partial charge in [-0.2, -0.15) is 0 Å². The van der Waals surface area contributed by atoms with Gasteiger partial charge in [0.15, 0.2) is 0 Å². The fourth-order valence-electron chi connectivity index (χ4n) is 2.29. The standard InChI is InChI=1S/C17H18Cl2/c1-11-7-8-12(2)14(9-11)10-17(19)15-5-4-6-16(18)13(15)3/h4-9,17H,10H2,1-3H3. The number of halogens is 2. The van der Waals surface area contributed by atoms with E-state index in [2.05, 4.69) is 38.1 Å². The van der Waals surface area contributed by atoms with Crippen molar-refractivity contribution in [2.75, 3.05) is 0 Å². The second kappa shape index (κ2) is 5.98. The molecule has 100 valence electrons. The van der Waals surface area contributed by atoms with Crippen LogP contribution in [0.2, 0.25) is 5.02 Å². The molecule has 0 radical (unpaired) electrons. The van der Waals surface area contributed by atoms with Crippen molar-refractivity contribution in [2.45, 2.75) is 32.6 Å². The second-order valence-corrected chi connectivity index (χ2v) is 5.99. The summed E-state index contributed by atoms with van der Waals surface area (Å²) in [6.45, 7) is 6.26. The molecule has 0 aliphatic carbocycles. The van der Waals surface area contributed by atoms with E-state index in [1.807, 2.05) is 19.1 Å². The van der Waals surface area contributed by atoms with Crippen molar-refractivity contribution in [1.82, 2.24) is 0 Å². The summed E-state index contributed by atoms with van der Waals surface area (Å²) in [6, 6.07) is 12.4. The van der Waals surface area contributed by atoms with Crippen LogP contribution in [-0.2, 0) is 6.42 Å². The third-order valence-electron chi connectivity index (χ3n) is 3.55. The maximum Gasteiger partial charge on any atom is 0.0628 e. The summed E-state index contributed by atoms with van der Waals surface area (Å²) in [5.74, 6) is 0. The van der Waals surface area contributed by atoms with Crippen molar-refractivity contribution in [3.63, 3.8) is 0 Å². The lowest BCUT2D eigenvalue weighted by atomic mass is 9.96. The van der Waals surface area contributed by atoms with Gasteiger partial charge in [-0.25, -0.2) is 0 Å². The molecule has 0 heterocycles. The van der Waals surface area contributed by atoms with Crippen molar-refractivity contribution in [1.29, 1.82) is 0 Å². The van der Waals surface area contributed by atoms with E-state index in [0.29, 0.717) is 0 Å². The highest BCUT2D eigenvalue weighted by Gasteiger charge is 2.14. The highest BCUT2D eigenvalue weighted by atomic mass is 35.5. The van der Waals surface area contributed by atoms with Gasteiger partial charge < -0.3 is 0 Å². The van der Waals surface area contributed by atoms with Crippen molar-refractivity contribution < 1.29 is 0 Å². The molecule has 0 aliphatic heterocycles. The van der Waals surface area contributed by atoms with Gasteiger partial charge in [-0.3, -0.25) is 0 Å². The molecule has 0 spiro atoms. The topological polar surface area (TPSA) is 0 Å². The smallest absolute Gasteiger partial charge is 0.0628 e. The quantitative estimate of drug-likeness (QED) is 0.628. The molecule has 2 rings (SSSR count). The van der Waals surface area contributed by atoms with Gasteiger partial charge in [-0.05, 0) is 55.5 Å². The second-order valence-electron chi connectivity index (χ2n) is 5.06. The predicted octanol–water partition coefficient (Wildman–Crippen LogP) is 5.79. The normalized spacial score (nSPS) is 12.5. The van der Waals surface area contributed by atoms with E-state index in [-0.39, 0.29) is 5.38 Å². The summed E-state index contributed by atoms with van der Waals surface area (Å²) in [5, 5.41) is 0.739. The molecule has 2 heteroatoms. The zero-order chi connectivity index (χ0) is 14.0. The Balaban J connectivity index is 2.28. The van der Waals surface area contributed by atoms with Crippen LogP contribution in [0.25, 0.3) is 0 Å². The number of rotatable bonds is 3. The largest absolute Gasteiger partial charge is 0.117 e. The van der Waals surface area contributed by atoms with Crippen LogP contribution >= 0.6 is 23.2 Å². The molecule has 0 bridgehead atoms. The number of hydrogen-bond donors (Lipinski definition) is 0. The lowest BCUT2D eigenvalue weighted by Gasteiger charge is -2.15. The summed E-state index contributed by atoms with van der Waals surface area (Å²) >= 11 is 12.7. The molecule has 1 unspecified atom stereocenters. The first-order chi connectivity index (χ1) is 8.99. The van der Waals surface area contributed by atoms with E-state index >= 15 is 0 Å². The molecule has 2 aromatic rings. The Hall–Kier alpha value is -0.980. The van der Waals surface area contributed by atoms with Crippen LogP contribution in [0.1, 0.15) is 33.2 Å². The Morgan fingerprint density at radius 1 is 1.05 bits per heavy atom. The average molecular weight is 293 g/mol. The Morgan fingerprint density at radius 2 is 1.79 bits per heavy atom. The molecule has 1 atom stereocenters. The summed E-state index contributed by atoms with van der Waals surface area (Å²) < 4.78 is 0. The molecule has 2 aromatic carbocycles. The Kier molecular flexibility index (Phi) is 4.54. The highest BCUT2D eigenvalue weighted by molar-refractivity contribution is 6.31. The van der Waals surface area contributed by atoms with E-state index < -0.39 is 0 Å². The average Bonchev–Trinajstić information content (AvgIpc) is 2.37. The number of hydrogen-bond acceptors (Lipinski definition) is 0. The van der Waals surface area contributed by atoms with E-state index in [9.17, 15) is 0 Å². The molecule has 0 saturated carbocycles. The summed E-state index contributed by atoms with van der Waals surface area (Å²) in [7, 11) is 0. The fraction of sp³-hybridized carbons (Fsp3) is 0.294. The first-order valence-electron chi connectivity index (χ1n) is 6.44. The number of benzene rings is 2. The van der Waals surface area contributed by atoms with Crippen LogP contribution in [0, 0.1) is 20.8 Å². The minimum Gasteiger partial charge on any atom is -0.117 e. The maximum absolute atomic E-state index is 6.58. The Bertz CT molecular complexity index is 588. The molecular weight excluding hydrogens is 275 g/mol. The number of alkyl halides is 1. The van der Waals surface area contributed by atoms with Crippen molar-refractivity contribution in [3.05, 3.63) is 69.2 Å². The first kappa shape index (κ1) is 14.4. The van der Waals surface area contributed by atoms with Gasteiger partial charge in [0.1, 0.15) is 0 Å². The van der Waals surface area contributed by atoms with Gasteiger partial charge in [0.25, 0.3) is 0 Å². The van der Waals surface area contributed by atoms with Crippen LogP contribution in [-0.4, -0.2) is 0 Å². The Morgan fingerprint density at radius 3 is 2.53 bits per heavy atom. The van der Waals surface area contributed by atoms with Crippen LogP contribution in [0.5, 0.6) is 0 Å². The van der Waals surface area contributed by atoms with Crippen LogP contribution in [0.3, 0.4) is 0 Å². The van der Waals surface area contributed by atoms with E-state index in [1.165, 1.54) is 16.7 Å². The first-order valence-corrected chi connectivity index (χ1v) is 7.25. The fourth-order valence-corrected chi connectivity index (χ4v) is 2.87. The van der Waals surface area contributed by atoms with Crippen molar-refractivity contribution in [3.8, 4) is 0 Å². The molecule has 0 nitrogen and oxygen atoms in total. The third kappa shape index (κ3) is 3.32. The molecular formula is C17H18Cl2. The van der Waals surface area contributed by atoms with Gasteiger partial charge in [0.05, 0.1) is 5.38 Å². The van der Waals surface area contributed by atoms with Crippen LogP contribution in [0.15, 0.2) is 36.4 Å². The monoisotopic (exact) mass is 292 g/mol. The van der Waals surface area contributed by atoms with Gasteiger partial charge in [0, 0.05) is 5.02 Å². The minimum absolute atomic E-state index is 0.0424. The number of aryl methyl sites for hydroxylation is 2. The minimum atomic E-state index is -0.0424. The highest BCUT2D eigenvalue weighted by Crippen LogP contribution is 2.31. The summed E-state index contributed by atoms with van der Waals surface area (Å²) in [5.41, 5.74) is 6.06. The molecule has 0 N–H and O–H groups in total. The van der Waals surface area contributed by atoms with Crippen molar-refractivity contribution >= 4 is 23.2 Å². The predicted molar refractivity (Wildman–Crippen MR) is 84.4 cm³/mol. The Labute approximate surface area is 125 Å². The molecule has 0 saturated heterocycles. The van der Waals surface area contributed by atoms with E-state index in [4.69, 9.17) is 23.2 Å². The zero-order valence-electron chi connectivity index (χ0n) is 11.5. The van der Waals surface area contributed by atoms with E-state index in [1.54, 1.807) is 0 Å². The summed E-state index contributed by atoms with van der Waals surface area (Å²) in [4.78, 5) is 0. The zero-order valence-corrected chi connectivity index (χ0v) is 13.0. The van der Waals surface area contributed by atoms with Gasteiger partial charge in [-0.1, -0.05) is 47.5 Å². The molecule has 0 aromatic heterocycles. The lowest BCUT2D eigenvalue weighted by molar-refractivity contribution is 0.900. The molecule has 0 amide bonds. The van der Waals surface area contributed by atoms with Crippen LogP contribution in [0.4, 0.5) is 0 Å². The van der Waals surface area contributed by atoms with Crippen LogP contribution < -0.4 is 0 Å². The third-order valence-corrected chi connectivity index (χ3v) is 4.35. The summed E-state index contributed by atoms with van der Waals surface area (Å²) in [6.07, 6.45) is 0.830. The van der Waals surface area contributed by atoms with Gasteiger partial charge in [0.2, 0.25) is 0 Å². The molecule has 19 heavy (non-hydrogen) atoms. The molecule has 0 aliphatic rings. The van der Waals surface area contributed by atoms with Gasteiger partial charge in [-0.15, -0.1) is 11.6 Å². The van der Waals surface area contributed by atoms with E-state index in [0.717, 1.165) is 22.6 Å². The maximum atomic E-state index is 6.58. The molecule has 0 fully saturated rings. The lowest BCUT2D eigenvalue weighted by Crippen LogP contribution is -2.01. The van der Waals surface area contributed by atoms with Gasteiger partial charge >= 0.3 is 0 Å². The van der Waals surface area contributed by atoms with Crippen molar-refractivity contribution in [2.24, 2.45) is 0 Å².